The highest BCUT2D eigenvalue weighted by molar-refractivity contribution is 7.80. The summed E-state index contributed by atoms with van der Waals surface area (Å²) < 4.78 is 5.45. The summed E-state index contributed by atoms with van der Waals surface area (Å²) in [5.74, 6) is 0. The minimum Gasteiger partial charge on any atom is -0.379 e. The van der Waals surface area contributed by atoms with Crippen LogP contribution in [-0.4, -0.2) is 54.3 Å². The van der Waals surface area contributed by atoms with Gasteiger partial charge in [0.15, 0.2) is 5.11 Å². The van der Waals surface area contributed by atoms with Crippen LogP contribution in [0.4, 0.5) is 5.69 Å². The Bertz CT molecular complexity index is 824. The van der Waals surface area contributed by atoms with Crippen molar-refractivity contribution in [3.05, 3.63) is 64.2 Å². The van der Waals surface area contributed by atoms with Gasteiger partial charge in [0, 0.05) is 43.4 Å². The molecule has 0 bridgehead atoms. The Morgan fingerprint density at radius 1 is 1.14 bits per heavy atom. The first kappa shape index (κ1) is 22.0. The van der Waals surface area contributed by atoms with Crippen LogP contribution in [0.15, 0.2) is 42.5 Å². The van der Waals surface area contributed by atoms with Crippen molar-refractivity contribution in [2.24, 2.45) is 0 Å². The molecule has 1 fully saturated rings. The maximum Gasteiger partial charge on any atom is 0.173 e. The van der Waals surface area contributed by atoms with Crippen molar-refractivity contribution >= 4 is 34.6 Å². The highest BCUT2D eigenvalue weighted by atomic mass is 35.5. The Hall–Kier alpha value is -1.66. The number of benzene rings is 2. The number of thiocarbonyl (C=S) groups is 1. The van der Waals surface area contributed by atoms with Crippen LogP contribution < -0.4 is 5.32 Å². The molecule has 2 aromatic rings. The second kappa shape index (κ2) is 10.9. The van der Waals surface area contributed by atoms with Crippen LogP contribution in [0.1, 0.15) is 23.1 Å². The Morgan fingerprint density at radius 2 is 1.90 bits per heavy atom. The number of nitrogens with one attached hydrogen (secondary N) is 1. The second-order valence-electron chi connectivity index (χ2n) is 7.50. The first-order chi connectivity index (χ1) is 14.0. The Morgan fingerprint density at radius 3 is 2.66 bits per heavy atom. The van der Waals surface area contributed by atoms with Crippen molar-refractivity contribution < 1.29 is 4.74 Å². The molecule has 156 valence electrons. The third-order valence-electron chi connectivity index (χ3n) is 5.46. The molecular weight excluding hydrogens is 402 g/mol. The SMILES string of the molecule is Cc1cccc(NC(=S)N(CCCN2CCOCC2)Cc2ccccc2Cl)c1C. The fourth-order valence-electron chi connectivity index (χ4n) is 3.48. The number of rotatable bonds is 7. The molecular formula is C23H30ClN3OS. The molecule has 1 N–H and O–H groups in total. The van der Waals surface area contributed by atoms with Gasteiger partial charge in [0.25, 0.3) is 0 Å². The summed E-state index contributed by atoms with van der Waals surface area (Å²) in [6.45, 7) is 10.5. The van der Waals surface area contributed by atoms with Crippen molar-refractivity contribution in [3.63, 3.8) is 0 Å². The molecule has 0 saturated carbocycles. The van der Waals surface area contributed by atoms with Gasteiger partial charge >= 0.3 is 0 Å². The van der Waals surface area contributed by atoms with E-state index in [9.17, 15) is 0 Å². The number of hydrogen-bond donors (Lipinski definition) is 1. The molecule has 4 nitrogen and oxygen atoms in total. The Labute approximate surface area is 184 Å². The van der Waals surface area contributed by atoms with E-state index >= 15 is 0 Å². The topological polar surface area (TPSA) is 27.7 Å². The molecule has 0 unspecified atom stereocenters. The van der Waals surface area contributed by atoms with Gasteiger partial charge in [0.2, 0.25) is 0 Å². The number of morpholine rings is 1. The van der Waals surface area contributed by atoms with Gasteiger partial charge in [-0.3, -0.25) is 4.90 Å². The third kappa shape index (κ3) is 6.41. The largest absolute Gasteiger partial charge is 0.379 e. The molecule has 1 aliphatic heterocycles. The molecule has 2 aromatic carbocycles. The lowest BCUT2D eigenvalue weighted by molar-refractivity contribution is 0.0368. The summed E-state index contributed by atoms with van der Waals surface area (Å²) in [6, 6.07) is 14.2. The monoisotopic (exact) mass is 431 g/mol. The van der Waals surface area contributed by atoms with Gasteiger partial charge in [-0.2, -0.15) is 0 Å². The maximum atomic E-state index is 6.42. The van der Waals surface area contributed by atoms with Crippen molar-refractivity contribution in [1.82, 2.24) is 9.80 Å². The van der Waals surface area contributed by atoms with Crippen molar-refractivity contribution in [2.45, 2.75) is 26.8 Å². The molecule has 3 rings (SSSR count). The fourth-order valence-corrected chi connectivity index (χ4v) is 3.94. The van der Waals surface area contributed by atoms with Crippen LogP contribution in [0.25, 0.3) is 0 Å². The molecule has 29 heavy (non-hydrogen) atoms. The number of anilines is 1. The summed E-state index contributed by atoms with van der Waals surface area (Å²) in [6.07, 6.45) is 1.04. The normalized spacial score (nSPS) is 14.6. The lowest BCUT2D eigenvalue weighted by Gasteiger charge is -2.30. The van der Waals surface area contributed by atoms with Gasteiger partial charge < -0.3 is 15.0 Å². The quantitative estimate of drug-likeness (QED) is 0.631. The molecule has 1 aliphatic rings. The zero-order valence-electron chi connectivity index (χ0n) is 17.3. The lowest BCUT2D eigenvalue weighted by Crippen LogP contribution is -2.40. The van der Waals surface area contributed by atoms with Crippen LogP contribution in [0.3, 0.4) is 0 Å². The minimum atomic E-state index is 0.694. The molecule has 1 saturated heterocycles. The van der Waals surface area contributed by atoms with E-state index in [1.807, 2.05) is 18.2 Å². The van der Waals surface area contributed by atoms with Crippen LogP contribution in [0.2, 0.25) is 5.02 Å². The summed E-state index contributed by atoms with van der Waals surface area (Å²) in [5.41, 5.74) is 4.63. The molecule has 0 aromatic heterocycles. The van der Waals surface area contributed by atoms with Crippen LogP contribution in [-0.2, 0) is 11.3 Å². The lowest BCUT2D eigenvalue weighted by atomic mass is 10.1. The molecule has 0 radical (unpaired) electrons. The van der Waals surface area contributed by atoms with E-state index in [1.165, 1.54) is 11.1 Å². The summed E-state index contributed by atoms with van der Waals surface area (Å²) in [4.78, 5) is 4.68. The van der Waals surface area contributed by atoms with E-state index in [2.05, 4.69) is 53.2 Å². The minimum absolute atomic E-state index is 0.694. The van der Waals surface area contributed by atoms with E-state index in [4.69, 9.17) is 28.6 Å². The molecule has 0 atom stereocenters. The van der Waals surface area contributed by atoms with Crippen molar-refractivity contribution in [3.8, 4) is 0 Å². The third-order valence-corrected chi connectivity index (χ3v) is 6.19. The second-order valence-corrected chi connectivity index (χ2v) is 8.29. The highest BCUT2D eigenvalue weighted by Crippen LogP contribution is 2.21. The number of nitrogens with zero attached hydrogens (tertiary/aromatic N) is 2. The summed E-state index contributed by atoms with van der Waals surface area (Å²) >= 11 is 12.2. The van der Waals surface area contributed by atoms with Crippen molar-refractivity contribution in [1.29, 1.82) is 0 Å². The van der Waals surface area contributed by atoms with Gasteiger partial charge in [-0.05, 0) is 61.3 Å². The summed E-state index contributed by atoms with van der Waals surface area (Å²) in [5, 5.41) is 4.97. The van der Waals surface area contributed by atoms with E-state index in [0.29, 0.717) is 6.54 Å². The van der Waals surface area contributed by atoms with E-state index in [-0.39, 0.29) is 0 Å². The van der Waals surface area contributed by atoms with Crippen LogP contribution in [0, 0.1) is 13.8 Å². The molecule has 0 aliphatic carbocycles. The number of halogens is 1. The molecule has 6 heteroatoms. The fraction of sp³-hybridized carbons (Fsp3) is 0.435. The smallest absolute Gasteiger partial charge is 0.173 e. The molecule has 0 amide bonds. The first-order valence-corrected chi connectivity index (χ1v) is 11.0. The van der Waals surface area contributed by atoms with Crippen LogP contribution >= 0.6 is 23.8 Å². The van der Waals surface area contributed by atoms with E-state index in [1.54, 1.807) is 0 Å². The average molecular weight is 432 g/mol. The van der Waals surface area contributed by atoms with Gasteiger partial charge in [0.1, 0.15) is 0 Å². The van der Waals surface area contributed by atoms with E-state index in [0.717, 1.165) is 67.2 Å². The standard InChI is InChI=1S/C23H30ClN3OS/c1-18-7-5-10-22(19(18)2)25-23(29)27(17-20-8-3-4-9-21(20)24)12-6-11-26-13-15-28-16-14-26/h3-5,7-10H,6,11-17H2,1-2H3,(H,25,29). The van der Waals surface area contributed by atoms with E-state index < -0.39 is 0 Å². The molecule has 0 spiro atoms. The Balaban J connectivity index is 1.67. The first-order valence-electron chi connectivity index (χ1n) is 10.2. The summed E-state index contributed by atoms with van der Waals surface area (Å²) in [7, 11) is 0. The van der Waals surface area contributed by atoms with Gasteiger partial charge in [0.05, 0.1) is 13.2 Å². The zero-order chi connectivity index (χ0) is 20.6. The maximum absolute atomic E-state index is 6.42. The average Bonchev–Trinajstić information content (AvgIpc) is 2.73. The number of hydrogen-bond acceptors (Lipinski definition) is 3. The zero-order valence-corrected chi connectivity index (χ0v) is 18.9. The van der Waals surface area contributed by atoms with Crippen LogP contribution in [0.5, 0.6) is 0 Å². The highest BCUT2D eigenvalue weighted by Gasteiger charge is 2.15. The predicted molar refractivity (Wildman–Crippen MR) is 126 cm³/mol. The van der Waals surface area contributed by atoms with Gasteiger partial charge in [-0.25, -0.2) is 0 Å². The number of ether oxygens (including phenoxy) is 1. The van der Waals surface area contributed by atoms with Gasteiger partial charge in [-0.15, -0.1) is 0 Å². The van der Waals surface area contributed by atoms with Gasteiger partial charge in [-0.1, -0.05) is 41.9 Å². The molecule has 1 heterocycles. The number of aryl methyl sites for hydroxylation is 1. The Kier molecular flexibility index (Phi) is 8.30. The van der Waals surface area contributed by atoms with Crippen molar-refractivity contribution in [2.75, 3.05) is 44.7 Å². The predicted octanol–water partition coefficient (Wildman–Crippen LogP) is 4.88.